The lowest BCUT2D eigenvalue weighted by Gasteiger charge is -2.21. The SMILES string of the molecule is C=CCN(CC=C)c1ccnc(CNC)c1. The molecule has 0 aliphatic carbocycles. The first kappa shape index (κ1) is 12.5. The zero-order valence-electron chi connectivity index (χ0n) is 9.82. The third kappa shape index (κ3) is 3.51. The molecule has 0 fully saturated rings. The normalized spacial score (nSPS) is 9.81. The molecule has 0 bridgehead atoms. The van der Waals surface area contributed by atoms with E-state index in [0.717, 1.165) is 31.0 Å². The second-order valence-electron chi connectivity index (χ2n) is 3.52. The van der Waals surface area contributed by atoms with Gasteiger partial charge in [-0.2, -0.15) is 0 Å². The number of hydrogen-bond acceptors (Lipinski definition) is 3. The Balaban J connectivity index is 2.85. The van der Waals surface area contributed by atoms with E-state index < -0.39 is 0 Å². The molecule has 1 heterocycles. The highest BCUT2D eigenvalue weighted by atomic mass is 15.1. The fourth-order valence-electron chi connectivity index (χ4n) is 1.54. The van der Waals surface area contributed by atoms with E-state index in [1.807, 2.05) is 31.5 Å². The monoisotopic (exact) mass is 217 g/mol. The van der Waals surface area contributed by atoms with Crippen molar-refractivity contribution < 1.29 is 0 Å². The average Bonchev–Trinajstić information content (AvgIpc) is 2.30. The lowest BCUT2D eigenvalue weighted by molar-refractivity contribution is 0.789. The minimum absolute atomic E-state index is 0.782. The maximum Gasteiger partial charge on any atom is 0.0562 e. The van der Waals surface area contributed by atoms with Crippen LogP contribution in [0.1, 0.15) is 5.69 Å². The molecule has 16 heavy (non-hydrogen) atoms. The second-order valence-corrected chi connectivity index (χ2v) is 3.52. The van der Waals surface area contributed by atoms with Gasteiger partial charge in [0.2, 0.25) is 0 Å². The van der Waals surface area contributed by atoms with Crippen molar-refractivity contribution in [3.63, 3.8) is 0 Å². The van der Waals surface area contributed by atoms with E-state index >= 15 is 0 Å². The first-order chi connectivity index (χ1) is 7.81. The number of nitrogens with one attached hydrogen (secondary N) is 1. The van der Waals surface area contributed by atoms with Gasteiger partial charge in [-0.05, 0) is 19.2 Å². The molecule has 0 aromatic carbocycles. The van der Waals surface area contributed by atoms with Gasteiger partial charge < -0.3 is 10.2 Å². The fourth-order valence-corrected chi connectivity index (χ4v) is 1.54. The average molecular weight is 217 g/mol. The van der Waals surface area contributed by atoms with Gasteiger partial charge in [0.05, 0.1) is 5.69 Å². The van der Waals surface area contributed by atoms with Gasteiger partial charge in [-0.15, -0.1) is 13.2 Å². The Hall–Kier alpha value is -1.61. The molecule has 1 aromatic rings. The zero-order valence-corrected chi connectivity index (χ0v) is 9.82. The third-order valence-corrected chi connectivity index (χ3v) is 2.22. The standard InChI is InChI=1S/C13H19N3/c1-4-8-16(9-5-2)13-6-7-15-12(10-13)11-14-3/h4-7,10,14H,1-2,8-9,11H2,3H3. The van der Waals surface area contributed by atoms with Gasteiger partial charge in [0.25, 0.3) is 0 Å². The maximum absolute atomic E-state index is 4.29. The molecule has 0 saturated carbocycles. The third-order valence-electron chi connectivity index (χ3n) is 2.22. The van der Waals surface area contributed by atoms with Gasteiger partial charge in [-0.25, -0.2) is 0 Å². The van der Waals surface area contributed by atoms with Crippen molar-refractivity contribution in [3.8, 4) is 0 Å². The smallest absolute Gasteiger partial charge is 0.0562 e. The van der Waals surface area contributed by atoms with Crippen molar-refractivity contribution in [2.75, 3.05) is 25.0 Å². The Morgan fingerprint density at radius 1 is 1.38 bits per heavy atom. The molecule has 1 aromatic heterocycles. The molecule has 3 nitrogen and oxygen atoms in total. The predicted octanol–water partition coefficient (Wildman–Crippen LogP) is 1.98. The van der Waals surface area contributed by atoms with Gasteiger partial charge in [0.15, 0.2) is 0 Å². The first-order valence-corrected chi connectivity index (χ1v) is 5.38. The number of nitrogens with zero attached hydrogens (tertiary/aromatic N) is 2. The molecule has 0 spiro atoms. The van der Waals surface area contributed by atoms with E-state index in [0.29, 0.717) is 0 Å². The summed E-state index contributed by atoms with van der Waals surface area (Å²) in [5.41, 5.74) is 2.19. The van der Waals surface area contributed by atoms with Gasteiger partial charge in [0, 0.05) is 31.5 Å². The number of anilines is 1. The summed E-state index contributed by atoms with van der Waals surface area (Å²) in [6.45, 7) is 9.94. The van der Waals surface area contributed by atoms with Gasteiger partial charge >= 0.3 is 0 Å². The number of rotatable bonds is 7. The molecule has 1 rings (SSSR count). The summed E-state index contributed by atoms with van der Waals surface area (Å²) < 4.78 is 0. The molecule has 0 amide bonds. The second kappa shape index (κ2) is 6.80. The van der Waals surface area contributed by atoms with Crippen molar-refractivity contribution in [1.29, 1.82) is 0 Å². The molecular weight excluding hydrogens is 198 g/mol. The summed E-state index contributed by atoms with van der Waals surface area (Å²) >= 11 is 0. The Labute approximate surface area is 97.5 Å². The largest absolute Gasteiger partial charge is 0.364 e. The summed E-state index contributed by atoms with van der Waals surface area (Å²) in [6, 6.07) is 4.09. The first-order valence-electron chi connectivity index (χ1n) is 5.38. The van der Waals surface area contributed by atoms with E-state index in [1.165, 1.54) is 0 Å². The van der Waals surface area contributed by atoms with Crippen molar-refractivity contribution >= 4 is 5.69 Å². The quantitative estimate of drug-likeness (QED) is 0.708. The van der Waals surface area contributed by atoms with E-state index in [1.54, 1.807) is 0 Å². The van der Waals surface area contributed by atoms with Crippen LogP contribution in [0.2, 0.25) is 0 Å². The molecule has 86 valence electrons. The van der Waals surface area contributed by atoms with Crippen molar-refractivity contribution in [2.45, 2.75) is 6.54 Å². The minimum Gasteiger partial charge on any atom is -0.364 e. The molecule has 1 N–H and O–H groups in total. The molecule has 0 radical (unpaired) electrons. The van der Waals surface area contributed by atoms with Crippen LogP contribution in [0.15, 0.2) is 43.6 Å². The van der Waals surface area contributed by atoms with Crippen LogP contribution in [0.5, 0.6) is 0 Å². The number of pyridine rings is 1. The van der Waals surface area contributed by atoms with Crippen molar-refractivity contribution in [3.05, 3.63) is 49.3 Å². The topological polar surface area (TPSA) is 28.2 Å². The summed E-state index contributed by atoms with van der Waals surface area (Å²) in [4.78, 5) is 6.49. The van der Waals surface area contributed by atoms with Crippen LogP contribution in [-0.4, -0.2) is 25.1 Å². The summed E-state index contributed by atoms with van der Waals surface area (Å²) in [7, 11) is 1.92. The van der Waals surface area contributed by atoms with Gasteiger partial charge in [0.1, 0.15) is 0 Å². The lowest BCUT2D eigenvalue weighted by atomic mass is 10.2. The maximum atomic E-state index is 4.29. The van der Waals surface area contributed by atoms with Crippen LogP contribution in [0.4, 0.5) is 5.69 Å². The molecule has 0 atom stereocenters. The highest BCUT2D eigenvalue weighted by molar-refractivity contribution is 5.47. The highest BCUT2D eigenvalue weighted by Crippen LogP contribution is 2.14. The molecular formula is C13H19N3. The van der Waals surface area contributed by atoms with Gasteiger partial charge in [-0.3, -0.25) is 4.98 Å². The van der Waals surface area contributed by atoms with Crippen LogP contribution in [0.3, 0.4) is 0 Å². The van der Waals surface area contributed by atoms with E-state index in [4.69, 9.17) is 0 Å². The van der Waals surface area contributed by atoms with Crippen LogP contribution >= 0.6 is 0 Å². The Kier molecular flexibility index (Phi) is 5.29. The van der Waals surface area contributed by atoms with Crippen molar-refractivity contribution in [2.24, 2.45) is 0 Å². The van der Waals surface area contributed by atoms with Crippen LogP contribution < -0.4 is 10.2 Å². The molecule has 0 aliphatic rings. The highest BCUT2D eigenvalue weighted by Gasteiger charge is 2.03. The summed E-state index contributed by atoms with van der Waals surface area (Å²) in [6.07, 6.45) is 5.62. The van der Waals surface area contributed by atoms with E-state index in [2.05, 4.69) is 34.4 Å². The summed E-state index contributed by atoms with van der Waals surface area (Å²) in [5.74, 6) is 0. The van der Waals surface area contributed by atoms with Crippen LogP contribution in [0, 0.1) is 0 Å². The Morgan fingerprint density at radius 3 is 2.62 bits per heavy atom. The zero-order chi connectivity index (χ0) is 11.8. The fraction of sp³-hybridized carbons (Fsp3) is 0.308. The predicted molar refractivity (Wildman–Crippen MR) is 69.6 cm³/mol. The molecule has 0 unspecified atom stereocenters. The van der Waals surface area contributed by atoms with Crippen molar-refractivity contribution in [1.82, 2.24) is 10.3 Å². The molecule has 3 heteroatoms. The minimum atomic E-state index is 0.782. The molecule has 0 saturated heterocycles. The van der Waals surface area contributed by atoms with E-state index in [9.17, 15) is 0 Å². The Morgan fingerprint density at radius 2 is 2.06 bits per heavy atom. The Bertz CT molecular complexity index is 337. The summed E-state index contributed by atoms with van der Waals surface area (Å²) in [5, 5.41) is 3.09. The van der Waals surface area contributed by atoms with Crippen LogP contribution in [0.25, 0.3) is 0 Å². The van der Waals surface area contributed by atoms with E-state index in [-0.39, 0.29) is 0 Å². The number of hydrogen-bond donors (Lipinski definition) is 1. The van der Waals surface area contributed by atoms with Gasteiger partial charge in [-0.1, -0.05) is 12.2 Å². The number of aromatic nitrogens is 1. The van der Waals surface area contributed by atoms with Crippen LogP contribution in [-0.2, 0) is 6.54 Å². The molecule has 0 aliphatic heterocycles. The lowest BCUT2D eigenvalue weighted by Crippen LogP contribution is -2.23.